The van der Waals surface area contributed by atoms with Crippen LogP contribution in [0.2, 0.25) is 0 Å². The number of ketones is 1. The Morgan fingerprint density at radius 2 is 1.67 bits per heavy atom. The molecular weight excluding hydrogens is 304 g/mol. The molecule has 0 spiro atoms. The van der Waals surface area contributed by atoms with Gasteiger partial charge in [-0.05, 0) is 38.5 Å². The first-order valence-corrected chi connectivity index (χ1v) is 9.53. The Bertz CT molecular complexity index is 604. The lowest BCUT2D eigenvalue weighted by atomic mass is 9.88. The lowest BCUT2D eigenvalue weighted by Gasteiger charge is -2.41. The molecule has 0 saturated heterocycles. The van der Waals surface area contributed by atoms with Gasteiger partial charge >= 0.3 is 0 Å². The molecule has 3 aliphatic rings. The molecule has 3 fully saturated rings. The molecule has 3 saturated carbocycles. The number of carbonyl (C=O) groups is 2. The lowest BCUT2D eigenvalue weighted by Crippen LogP contribution is -2.49. The van der Waals surface area contributed by atoms with Crippen molar-refractivity contribution in [2.75, 3.05) is 0 Å². The Hall–Kier alpha value is -1.65. The highest BCUT2D eigenvalue weighted by atomic mass is 16.5. The summed E-state index contributed by atoms with van der Waals surface area (Å²) in [5.74, 6) is 1.67. The van der Waals surface area contributed by atoms with Crippen molar-refractivity contribution >= 4 is 11.7 Å². The summed E-state index contributed by atoms with van der Waals surface area (Å²) < 4.78 is 5.40. The molecule has 0 aliphatic heterocycles. The SMILES string of the molecule is O=C1CCC(N(C(=O)c2cc(C3CC3)on2)C2CCCCC2)CC1. The topological polar surface area (TPSA) is 63.4 Å². The quantitative estimate of drug-likeness (QED) is 0.841. The first-order valence-electron chi connectivity index (χ1n) is 9.53. The van der Waals surface area contributed by atoms with Crippen molar-refractivity contribution in [3.63, 3.8) is 0 Å². The number of aromatic nitrogens is 1. The van der Waals surface area contributed by atoms with E-state index >= 15 is 0 Å². The fourth-order valence-corrected chi connectivity index (χ4v) is 4.27. The van der Waals surface area contributed by atoms with Gasteiger partial charge in [-0.15, -0.1) is 0 Å². The smallest absolute Gasteiger partial charge is 0.276 e. The second-order valence-electron chi connectivity index (χ2n) is 7.66. The molecule has 0 radical (unpaired) electrons. The van der Waals surface area contributed by atoms with E-state index in [4.69, 9.17) is 4.52 Å². The molecule has 4 rings (SSSR count). The highest BCUT2D eigenvalue weighted by Gasteiger charge is 2.36. The van der Waals surface area contributed by atoms with Crippen LogP contribution in [0.5, 0.6) is 0 Å². The summed E-state index contributed by atoms with van der Waals surface area (Å²) in [5.41, 5.74) is 0.458. The summed E-state index contributed by atoms with van der Waals surface area (Å²) in [5, 5.41) is 4.07. The van der Waals surface area contributed by atoms with Crippen LogP contribution in [0.25, 0.3) is 0 Å². The zero-order valence-electron chi connectivity index (χ0n) is 14.2. The minimum absolute atomic E-state index is 0.0110. The predicted molar refractivity (Wildman–Crippen MR) is 88.8 cm³/mol. The van der Waals surface area contributed by atoms with Gasteiger partial charge in [0.25, 0.3) is 5.91 Å². The molecule has 0 aromatic carbocycles. The van der Waals surface area contributed by atoms with Crippen LogP contribution in [0, 0.1) is 0 Å². The maximum absolute atomic E-state index is 13.2. The van der Waals surface area contributed by atoms with E-state index in [1.165, 1.54) is 19.3 Å². The van der Waals surface area contributed by atoms with E-state index in [9.17, 15) is 9.59 Å². The third kappa shape index (κ3) is 3.26. The Morgan fingerprint density at radius 1 is 1.00 bits per heavy atom. The van der Waals surface area contributed by atoms with Crippen molar-refractivity contribution in [3.05, 3.63) is 17.5 Å². The Morgan fingerprint density at radius 3 is 2.33 bits per heavy atom. The number of amides is 1. The van der Waals surface area contributed by atoms with E-state index in [0.717, 1.165) is 44.3 Å². The van der Waals surface area contributed by atoms with Gasteiger partial charge in [0.1, 0.15) is 11.5 Å². The van der Waals surface area contributed by atoms with Crippen LogP contribution in [0.3, 0.4) is 0 Å². The summed E-state index contributed by atoms with van der Waals surface area (Å²) in [6.45, 7) is 0. The van der Waals surface area contributed by atoms with Crippen LogP contribution in [0.1, 0.15) is 92.8 Å². The fourth-order valence-electron chi connectivity index (χ4n) is 4.27. The van der Waals surface area contributed by atoms with Gasteiger partial charge < -0.3 is 9.42 Å². The minimum Gasteiger partial charge on any atom is -0.360 e. The summed E-state index contributed by atoms with van der Waals surface area (Å²) in [7, 11) is 0. The molecule has 1 heterocycles. The zero-order valence-corrected chi connectivity index (χ0v) is 14.2. The second kappa shape index (κ2) is 6.69. The maximum atomic E-state index is 13.2. The number of hydrogen-bond acceptors (Lipinski definition) is 4. The van der Waals surface area contributed by atoms with Crippen molar-refractivity contribution in [1.82, 2.24) is 10.1 Å². The van der Waals surface area contributed by atoms with Gasteiger partial charge in [0.2, 0.25) is 0 Å². The largest absolute Gasteiger partial charge is 0.360 e. The molecule has 130 valence electrons. The Labute approximate surface area is 142 Å². The average Bonchev–Trinajstić information content (AvgIpc) is 3.35. The standard InChI is InChI=1S/C19H26N2O3/c22-16-10-8-15(9-11-16)21(14-4-2-1-3-5-14)19(23)17-12-18(24-20-17)13-6-7-13/h12-15H,1-11H2. The molecule has 1 aromatic heterocycles. The van der Waals surface area contributed by atoms with Crippen LogP contribution in [-0.2, 0) is 4.79 Å². The van der Waals surface area contributed by atoms with Gasteiger partial charge in [-0.25, -0.2) is 0 Å². The number of nitrogens with zero attached hydrogens (tertiary/aromatic N) is 2. The molecule has 1 aromatic rings. The molecule has 0 unspecified atom stereocenters. The van der Waals surface area contributed by atoms with E-state index in [0.29, 0.717) is 36.3 Å². The first kappa shape index (κ1) is 15.9. The van der Waals surface area contributed by atoms with E-state index in [2.05, 4.69) is 10.1 Å². The molecule has 1 amide bonds. The van der Waals surface area contributed by atoms with Gasteiger partial charge in [0, 0.05) is 36.9 Å². The highest BCUT2D eigenvalue weighted by Crippen LogP contribution is 2.40. The fraction of sp³-hybridized carbons (Fsp3) is 0.737. The van der Waals surface area contributed by atoms with Crippen LogP contribution >= 0.6 is 0 Å². The van der Waals surface area contributed by atoms with Gasteiger partial charge in [0.05, 0.1) is 0 Å². The van der Waals surface area contributed by atoms with Crippen LogP contribution < -0.4 is 0 Å². The zero-order chi connectivity index (χ0) is 16.5. The second-order valence-corrected chi connectivity index (χ2v) is 7.66. The first-order chi connectivity index (χ1) is 11.7. The molecule has 24 heavy (non-hydrogen) atoms. The van der Waals surface area contributed by atoms with Crippen molar-refractivity contribution in [1.29, 1.82) is 0 Å². The van der Waals surface area contributed by atoms with Crippen molar-refractivity contribution < 1.29 is 14.1 Å². The van der Waals surface area contributed by atoms with Crippen LogP contribution in [-0.4, -0.2) is 33.8 Å². The van der Waals surface area contributed by atoms with Gasteiger partial charge in [0.15, 0.2) is 5.69 Å². The van der Waals surface area contributed by atoms with Crippen molar-refractivity contribution in [3.8, 4) is 0 Å². The molecule has 5 nitrogen and oxygen atoms in total. The number of carbonyl (C=O) groups excluding carboxylic acids is 2. The van der Waals surface area contributed by atoms with Crippen molar-refractivity contribution in [2.24, 2.45) is 0 Å². The Balaban J connectivity index is 1.55. The summed E-state index contributed by atoms with van der Waals surface area (Å²) in [4.78, 5) is 26.9. The minimum atomic E-state index is 0.0110. The van der Waals surface area contributed by atoms with Gasteiger partial charge in [-0.1, -0.05) is 24.4 Å². The van der Waals surface area contributed by atoms with E-state index in [1.807, 2.05) is 6.07 Å². The molecule has 0 atom stereocenters. The van der Waals surface area contributed by atoms with Crippen LogP contribution in [0.15, 0.2) is 10.6 Å². The van der Waals surface area contributed by atoms with Crippen molar-refractivity contribution in [2.45, 2.75) is 88.6 Å². The Kier molecular flexibility index (Phi) is 4.42. The third-order valence-corrected chi connectivity index (χ3v) is 5.84. The molecule has 3 aliphatic carbocycles. The molecule has 0 N–H and O–H groups in total. The lowest BCUT2D eigenvalue weighted by molar-refractivity contribution is -0.121. The normalized spacial score (nSPS) is 23.4. The maximum Gasteiger partial charge on any atom is 0.276 e. The monoisotopic (exact) mass is 330 g/mol. The molecular formula is C19H26N2O3. The molecule has 0 bridgehead atoms. The predicted octanol–water partition coefficient (Wildman–Crippen LogP) is 3.84. The molecule has 5 heteroatoms. The number of rotatable bonds is 4. The third-order valence-electron chi connectivity index (χ3n) is 5.84. The van der Waals surface area contributed by atoms with Gasteiger partial charge in [-0.2, -0.15) is 0 Å². The average molecular weight is 330 g/mol. The van der Waals surface area contributed by atoms with Crippen LogP contribution in [0.4, 0.5) is 0 Å². The van der Waals surface area contributed by atoms with E-state index < -0.39 is 0 Å². The van der Waals surface area contributed by atoms with E-state index in [1.54, 1.807) is 0 Å². The number of hydrogen-bond donors (Lipinski definition) is 0. The summed E-state index contributed by atoms with van der Waals surface area (Å²) in [6, 6.07) is 2.33. The van der Waals surface area contributed by atoms with Gasteiger partial charge in [-0.3, -0.25) is 9.59 Å². The summed E-state index contributed by atoms with van der Waals surface area (Å²) >= 11 is 0. The summed E-state index contributed by atoms with van der Waals surface area (Å²) in [6.07, 6.45) is 10.9. The van der Waals surface area contributed by atoms with E-state index in [-0.39, 0.29) is 11.9 Å². The highest BCUT2D eigenvalue weighted by molar-refractivity contribution is 5.93. The number of Topliss-reactive ketones (excluding diaryl/α,β-unsaturated/α-hetero) is 1.